The van der Waals surface area contributed by atoms with Gasteiger partial charge in [-0.1, -0.05) is 19.8 Å². The van der Waals surface area contributed by atoms with Crippen LogP contribution in [0.4, 0.5) is 13.2 Å². The molecule has 1 aliphatic rings. The fourth-order valence-corrected chi connectivity index (χ4v) is 2.70. The summed E-state index contributed by atoms with van der Waals surface area (Å²) in [5.74, 6) is 0.621. The average Bonchev–Trinajstić information content (AvgIpc) is 2.21. The molecule has 4 heteroatoms. The number of alkyl halides is 3. The van der Waals surface area contributed by atoms with Crippen LogP contribution in [0, 0.1) is 11.8 Å². The lowest BCUT2D eigenvalue weighted by Crippen LogP contribution is -2.25. The molecule has 0 amide bonds. The van der Waals surface area contributed by atoms with E-state index in [0.29, 0.717) is 18.8 Å². The lowest BCUT2D eigenvalue weighted by Gasteiger charge is -2.28. The molecule has 0 aliphatic heterocycles. The van der Waals surface area contributed by atoms with Crippen molar-refractivity contribution < 1.29 is 18.0 Å². The van der Waals surface area contributed by atoms with Crippen LogP contribution in [0.25, 0.3) is 0 Å². The summed E-state index contributed by atoms with van der Waals surface area (Å²) in [6.45, 7) is 2.11. The molecule has 1 fully saturated rings. The minimum atomic E-state index is -4.08. The molecule has 1 nitrogen and oxygen atoms in total. The number of hydrogen-bond donors (Lipinski definition) is 0. The summed E-state index contributed by atoms with van der Waals surface area (Å²) in [7, 11) is 0. The Morgan fingerprint density at radius 2 is 2.00 bits per heavy atom. The summed E-state index contributed by atoms with van der Waals surface area (Å²) in [6, 6.07) is 0. The van der Waals surface area contributed by atoms with Crippen LogP contribution in [0.5, 0.6) is 0 Å². The van der Waals surface area contributed by atoms with Gasteiger partial charge in [-0.15, -0.1) is 0 Å². The van der Waals surface area contributed by atoms with Crippen molar-refractivity contribution in [2.45, 2.75) is 64.5 Å². The number of carbonyl (C=O) groups excluding carboxylic acids is 1. The van der Waals surface area contributed by atoms with E-state index in [9.17, 15) is 18.0 Å². The van der Waals surface area contributed by atoms with E-state index in [0.717, 1.165) is 25.7 Å². The number of Topliss-reactive ketones (excluding diaryl/α,β-unsaturated/α-hetero) is 1. The highest BCUT2D eigenvalue weighted by Gasteiger charge is 2.30. The Morgan fingerprint density at radius 3 is 2.59 bits per heavy atom. The van der Waals surface area contributed by atoms with Gasteiger partial charge in [-0.05, 0) is 31.6 Å². The molecule has 1 saturated carbocycles. The Balaban J connectivity index is 2.32. The van der Waals surface area contributed by atoms with Crippen molar-refractivity contribution in [1.29, 1.82) is 0 Å². The maximum absolute atomic E-state index is 12.0. The Bertz CT molecular complexity index is 248. The standard InChI is InChI=1S/C13H21F3O/c1-2-4-10-6-7-12(17)11(9-10)5-3-8-13(14,15)16/h10-11H,2-9H2,1H3. The molecule has 100 valence electrons. The van der Waals surface area contributed by atoms with Crippen LogP contribution in [0.1, 0.15) is 58.3 Å². The van der Waals surface area contributed by atoms with Gasteiger partial charge in [0.1, 0.15) is 5.78 Å². The molecule has 0 aromatic rings. The number of carbonyl (C=O) groups is 1. The summed E-state index contributed by atoms with van der Waals surface area (Å²) >= 11 is 0. The lowest BCUT2D eigenvalue weighted by molar-refractivity contribution is -0.138. The van der Waals surface area contributed by atoms with Crippen molar-refractivity contribution in [3.63, 3.8) is 0 Å². The smallest absolute Gasteiger partial charge is 0.299 e. The maximum atomic E-state index is 12.0. The van der Waals surface area contributed by atoms with Crippen LogP contribution in [0.2, 0.25) is 0 Å². The Labute approximate surface area is 101 Å². The van der Waals surface area contributed by atoms with Crippen LogP contribution in [-0.4, -0.2) is 12.0 Å². The molecule has 1 rings (SSSR count). The molecule has 2 unspecified atom stereocenters. The molecule has 1 aliphatic carbocycles. The molecule has 0 N–H and O–H groups in total. The van der Waals surface area contributed by atoms with E-state index < -0.39 is 12.6 Å². The van der Waals surface area contributed by atoms with E-state index in [-0.39, 0.29) is 18.1 Å². The molecular formula is C13H21F3O. The van der Waals surface area contributed by atoms with Crippen molar-refractivity contribution >= 4 is 5.78 Å². The first-order chi connectivity index (χ1) is 7.92. The molecule has 17 heavy (non-hydrogen) atoms. The van der Waals surface area contributed by atoms with Crippen molar-refractivity contribution in [1.82, 2.24) is 0 Å². The third kappa shape index (κ3) is 5.55. The van der Waals surface area contributed by atoms with E-state index in [4.69, 9.17) is 0 Å². The largest absolute Gasteiger partial charge is 0.389 e. The number of ketones is 1. The first-order valence-electron chi connectivity index (χ1n) is 6.52. The zero-order valence-corrected chi connectivity index (χ0v) is 10.4. The second kappa shape index (κ2) is 6.41. The first kappa shape index (κ1) is 14.5. The zero-order valence-electron chi connectivity index (χ0n) is 10.4. The van der Waals surface area contributed by atoms with Gasteiger partial charge >= 0.3 is 6.18 Å². The molecular weight excluding hydrogens is 229 g/mol. The number of hydrogen-bond acceptors (Lipinski definition) is 1. The topological polar surface area (TPSA) is 17.1 Å². The summed E-state index contributed by atoms with van der Waals surface area (Å²) in [4.78, 5) is 11.6. The Hall–Kier alpha value is -0.540. The molecule has 0 radical (unpaired) electrons. The predicted molar refractivity (Wildman–Crippen MR) is 60.7 cm³/mol. The van der Waals surface area contributed by atoms with Crippen LogP contribution >= 0.6 is 0 Å². The van der Waals surface area contributed by atoms with Crippen molar-refractivity contribution in [3.05, 3.63) is 0 Å². The van der Waals surface area contributed by atoms with Gasteiger partial charge < -0.3 is 0 Å². The quantitative estimate of drug-likeness (QED) is 0.702. The third-order valence-electron chi connectivity index (χ3n) is 3.58. The minimum Gasteiger partial charge on any atom is -0.299 e. The monoisotopic (exact) mass is 250 g/mol. The lowest BCUT2D eigenvalue weighted by atomic mass is 9.76. The first-order valence-corrected chi connectivity index (χ1v) is 6.52. The Kier molecular flexibility index (Phi) is 5.47. The SMILES string of the molecule is CCCC1CCC(=O)C(CCCC(F)(F)F)C1. The van der Waals surface area contributed by atoms with E-state index in [1.807, 2.05) is 0 Å². The summed E-state index contributed by atoms with van der Waals surface area (Å²) in [5.41, 5.74) is 0. The van der Waals surface area contributed by atoms with Gasteiger partial charge in [0.25, 0.3) is 0 Å². The summed E-state index contributed by atoms with van der Waals surface area (Å²) < 4.78 is 36.1. The third-order valence-corrected chi connectivity index (χ3v) is 3.58. The molecule has 0 aromatic carbocycles. The highest BCUT2D eigenvalue weighted by molar-refractivity contribution is 5.81. The molecule has 0 spiro atoms. The predicted octanol–water partition coefficient (Wildman–Crippen LogP) is 4.50. The second-order valence-electron chi connectivity index (χ2n) is 5.10. The molecule has 0 bridgehead atoms. The van der Waals surface area contributed by atoms with Gasteiger partial charge in [0.2, 0.25) is 0 Å². The second-order valence-corrected chi connectivity index (χ2v) is 5.10. The fourth-order valence-electron chi connectivity index (χ4n) is 2.70. The minimum absolute atomic E-state index is 0.0960. The van der Waals surface area contributed by atoms with Crippen molar-refractivity contribution in [2.24, 2.45) is 11.8 Å². The zero-order chi connectivity index (χ0) is 12.9. The van der Waals surface area contributed by atoms with Gasteiger partial charge in [0.05, 0.1) is 0 Å². The van der Waals surface area contributed by atoms with E-state index in [1.165, 1.54) is 0 Å². The molecule has 0 heterocycles. The van der Waals surface area contributed by atoms with E-state index >= 15 is 0 Å². The van der Waals surface area contributed by atoms with Crippen LogP contribution in [0.15, 0.2) is 0 Å². The van der Waals surface area contributed by atoms with E-state index in [1.54, 1.807) is 0 Å². The van der Waals surface area contributed by atoms with Crippen LogP contribution in [0.3, 0.4) is 0 Å². The van der Waals surface area contributed by atoms with Gasteiger partial charge in [-0.2, -0.15) is 13.2 Å². The molecule has 0 aromatic heterocycles. The van der Waals surface area contributed by atoms with Gasteiger partial charge in [0.15, 0.2) is 0 Å². The van der Waals surface area contributed by atoms with Gasteiger partial charge in [-0.25, -0.2) is 0 Å². The van der Waals surface area contributed by atoms with Crippen LogP contribution < -0.4 is 0 Å². The van der Waals surface area contributed by atoms with Crippen molar-refractivity contribution in [3.8, 4) is 0 Å². The molecule has 0 saturated heterocycles. The number of halogens is 3. The highest BCUT2D eigenvalue weighted by atomic mass is 19.4. The Morgan fingerprint density at radius 1 is 1.29 bits per heavy atom. The van der Waals surface area contributed by atoms with Crippen molar-refractivity contribution in [2.75, 3.05) is 0 Å². The maximum Gasteiger partial charge on any atom is 0.389 e. The summed E-state index contributed by atoms with van der Waals surface area (Å²) in [6.07, 6.45) is 0.179. The fraction of sp³-hybridized carbons (Fsp3) is 0.923. The van der Waals surface area contributed by atoms with E-state index in [2.05, 4.69) is 6.92 Å². The normalized spacial score (nSPS) is 26.2. The molecule has 2 atom stereocenters. The van der Waals surface area contributed by atoms with Gasteiger partial charge in [-0.3, -0.25) is 4.79 Å². The van der Waals surface area contributed by atoms with Gasteiger partial charge in [0, 0.05) is 18.8 Å². The summed E-state index contributed by atoms with van der Waals surface area (Å²) in [5, 5.41) is 0. The average molecular weight is 250 g/mol. The number of rotatable bonds is 5. The highest BCUT2D eigenvalue weighted by Crippen LogP contribution is 2.33. The van der Waals surface area contributed by atoms with Crippen LogP contribution in [-0.2, 0) is 4.79 Å².